The first-order valence-corrected chi connectivity index (χ1v) is 5.02. The molecule has 0 aromatic carbocycles. The van der Waals surface area contributed by atoms with Gasteiger partial charge in [0.25, 0.3) is 0 Å². The van der Waals surface area contributed by atoms with E-state index in [1.807, 2.05) is 6.92 Å². The van der Waals surface area contributed by atoms with E-state index in [0.29, 0.717) is 5.92 Å². The van der Waals surface area contributed by atoms with Crippen LogP contribution in [0, 0.1) is 5.92 Å². The third kappa shape index (κ3) is 4.71. The number of oxime groups is 1. The van der Waals surface area contributed by atoms with Gasteiger partial charge in [0.05, 0.1) is 5.71 Å². The fourth-order valence-corrected chi connectivity index (χ4v) is 1.18. The van der Waals surface area contributed by atoms with E-state index < -0.39 is 0 Å². The molecular weight excluding hydrogens is 162 g/mol. The molecule has 0 aliphatic carbocycles. The highest BCUT2D eigenvalue weighted by molar-refractivity contribution is 5.85. The highest BCUT2D eigenvalue weighted by Gasteiger charge is 2.07. The van der Waals surface area contributed by atoms with E-state index in [-0.39, 0.29) is 0 Å². The molecule has 2 heteroatoms. The van der Waals surface area contributed by atoms with Gasteiger partial charge in [0.1, 0.15) is 0 Å². The molecule has 1 atom stereocenters. The van der Waals surface area contributed by atoms with Crippen molar-refractivity contribution in [3.05, 3.63) is 11.6 Å². The van der Waals surface area contributed by atoms with Crippen LogP contribution < -0.4 is 0 Å². The SMILES string of the molecule is CC/C(C)=C/CC(C)/C(CC)=N/O. The molecule has 1 unspecified atom stereocenters. The molecule has 0 aliphatic rings. The summed E-state index contributed by atoms with van der Waals surface area (Å²) in [6.45, 7) is 8.39. The van der Waals surface area contributed by atoms with Crippen molar-refractivity contribution in [2.45, 2.75) is 47.0 Å². The standard InChI is InChI=1S/C11H21NO/c1-5-9(3)7-8-10(4)11(6-2)12-13/h7,10,13H,5-6,8H2,1-4H3/b9-7+,12-11+. The van der Waals surface area contributed by atoms with Gasteiger partial charge in [-0.05, 0) is 26.2 Å². The van der Waals surface area contributed by atoms with Crippen LogP contribution in [0.3, 0.4) is 0 Å². The van der Waals surface area contributed by atoms with Crippen LogP contribution in [0.5, 0.6) is 0 Å². The highest BCUT2D eigenvalue weighted by atomic mass is 16.4. The molecule has 1 N–H and O–H groups in total. The van der Waals surface area contributed by atoms with Crippen LogP contribution in [0.25, 0.3) is 0 Å². The quantitative estimate of drug-likeness (QED) is 0.300. The first-order chi connectivity index (χ1) is 6.15. The maximum atomic E-state index is 8.69. The summed E-state index contributed by atoms with van der Waals surface area (Å²) in [6, 6.07) is 0. The van der Waals surface area contributed by atoms with Crippen molar-refractivity contribution < 1.29 is 5.21 Å². The molecule has 76 valence electrons. The van der Waals surface area contributed by atoms with Gasteiger partial charge in [-0.25, -0.2) is 0 Å². The number of allylic oxidation sites excluding steroid dienone is 2. The molecule has 0 rings (SSSR count). The third-order valence-corrected chi connectivity index (χ3v) is 2.44. The molecule has 13 heavy (non-hydrogen) atoms. The van der Waals surface area contributed by atoms with Crippen LogP contribution in [0.4, 0.5) is 0 Å². The molecule has 0 saturated carbocycles. The second kappa shape index (κ2) is 6.70. The lowest BCUT2D eigenvalue weighted by Crippen LogP contribution is -2.09. The first kappa shape index (κ1) is 12.2. The Labute approximate surface area is 81.3 Å². The van der Waals surface area contributed by atoms with Crippen molar-refractivity contribution in [3.63, 3.8) is 0 Å². The van der Waals surface area contributed by atoms with E-state index in [2.05, 4.69) is 32.0 Å². The van der Waals surface area contributed by atoms with Crippen LogP contribution in [0.2, 0.25) is 0 Å². The van der Waals surface area contributed by atoms with Crippen LogP contribution in [-0.2, 0) is 0 Å². The zero-order valence-corrected chi connectivity index (χ0v) is 9.17. The lowest BCUT2D eigenvalue weighted by Gasteiger charge is -2.09. The van der Waals surface area contributed by atoms with Crippen molar-refractivity contribution >= 4 is 5.71 Å². The summed E-state index contributed by atoms with van der Waals surface area (Å²) in [7, 11) is 0. The Balaban J connectivity index is 4.07. The van der Waals surface area contributed by atoms with Crippen molar-refractivity contribution in [1.82, 2.24) is 0 Å². The maximum absolute atomic E-state index is 8.69. The van der Waals surface area contributed by atoms with Crippen molar-refractivity contribution in [3.8, 4) is 0 Å². The van der Waals surface area contributed by atoms with Gasteiger partial charge in [0.2, 0.25) is 0 Å². The number of hydrogen-bond donors (Lipinski definition) is 1. The van der Waals surface area contributed by atoms with Gasteiger partial charge in [0, 0.05) is 5.92 Å². The van der Waals surface area contributed by atoms with Gasteiger partial charge in [-0.15, -0.1) is 0 Å². The Bertz CT molecular complexity index is 194. The summed E-state index contributed by atoms with van der Waals surface area (Å²) in [5, 5.41) is 12.0. The van der Waals surface area contributed by atoms with Gasteiger partial charge in [0.15, 0.2) is 0 Å². The molecule has 0 amide bonds. The van der Waals surface area contributed by atoms with E-state index in [0.717, 1.165) is 25.0 Å². The van der Waals surface area contributed by atoms with Gasteiger partial charge < -0.3 is 5.21 Å². The second-order valence-electron chi connectivity index (χ2n) is 3.49. The van der Waals surface area contributed by atoms with Gasteiger partial charge >= 0.3 is 0 Å². The molecule has 2 nitrogen and oxygen atoms in total. The Morgan fingerprint density at radius 1 is 1.38 bits per heavy atom. The summed E-state index contributed by atoms with van der Waals surface area (Å²) in [6.07, 6.45) is 5.14. The van der Waals surface area contributed by atoms with E-state index in [1.54, 1.807) is 0 Å². The summed E-state index contributed by atoms with van der Waals surface area (Å²) in [5.41, 5.74) is 2.29. The molecule has 0 fully saturated rings. The molecular formula is C11H21NO. The molecule has 0 heterocycles. The lowest BCUT2D eigenvalue weighted by molar-refractivity contribution is 0.314. The molecule has 0 radical (unpaired) electrons. The minimum Gasteiger partial charge on any atom is -0.411 e. The van der Waals surface area contributed by atoms with Crippen LogP contribution in [0.15, 0.2) is 16.8 Å². The van der Waals surface area contributed by atoms with E-state index in [4.69, 9.17) is 5.21 Å². The monoisotopic (exact) mass is 183 g/mol. The molecule has 0 saturated heterocycles. The minimum atomic E-state index is 0.358. The van der Waals surface area contributed by atoms with Gasteiger partial charge in [-0.3, -0.25) is 0 Å². The van der Waals surface area contributed by atoms with Crippen LogP contribution in [0.1, 0.15) is 47.0 Å². The maximum Gasteiger partial charge on any atom is 0.0599 e. The molecule has 0 spiro atoms. The number of nitrogens with zero attached hydrogens (tertiary/aromatic N) is 1. The predicted octanol–water partition coefficient (Wildman–Crippen LogP) is 3.61. The summed E-state index contributed by atoms with van der Waals surface area (Å²) >= 11 is 0. The first-order valence-electron chi connectivity index (χ1n) is 5.02. The lowest BCUT2D eigenvalue weighted by atomic mass is 9.98. The smallest absolute Gasteiger partial charge is 0.0599 e. The zero-order chi connectivity index (χ0) is 10.3. The van der Waals surface area contributed by atoms with E-state index in [1.165, 1.54) is 5.57 Å². The summed E-state index contributed by atoms with van der Waals surface area (Å²) in [5.74, 6) is 0.358. The minimum absolute atomic E-state index is 0.358. The second-order valence-corrected chi connectivity index (χ2v) is 3.49. The zero-order valence-electron chi connectivity index (χ0n) is 9.17. The average molecular weight is 183 g/mol. The highest BCUT2D eigenvalue weighted by Crippen LogP contribution is 2.11. The predicted molar refractivity (Wildman–Crippen MR) is 57.3 cm³/mol. The Kier molecular flexibility index (Phi) is 6.29. The van der Waals surface area contributed by atoms with Gasteiger partial charge in [-0.1, -0.05) is 37.6 Å². The van der Waals surface area contributed by atoms with E-state index >= 15 is 0 Å². The Morgan fingerprint density at radius 2 is 2.00 bits per heavy atom. The summed E-state index contributed by atoms with van der Waals surface area (Å²) < 4.78 is 0. The van der Waals surface area contributed by atoms with Crippen molar-refractivity contribution in [2.24, 2.45) is 11.1 Å². The normalized spacial score (nSPS) is 16.0. The Hall–Kier alpha value is -0.790. The fourth-order valence-electron chi connectivity index (χ4n) is 1.18. The fraction of sp³-hybridized carbons (Fsp3) is 0.727. The van der Waals surface area contributed by atoms with Crippen LogP contribution >= 0.6 is 0 Å². The Morgan fingerprint density at radius 3 is 2.38 bits per heavy atom. The largest absolute Gasteiger partial charge is 0.411 e. The number of rotatable bonds is 5. The molecule has 0 aromatic heterocycles. The molecule has 0 bridgehead atoms. The number of hydrogen-bond acceptors (Lipinski definition) is 2. The third-order valence-electron chi connectivity index (χ3n) is 2.44. The molecule has 0 aromatic rings. The van der Waals surface area contributed by atoms with E-state index in [9.17, 15) is 0 Å². The van der Waals surface area contributed by atoms with Crippen molar-refractivity contribution in [1.29, 1.82) is 0 Å². The van der Waals surface area contributed by atoms with Crippen LogP contribution in [-0.4, -0.2) is 10.9 Å². The van der Waals surface area contributed by atoms with Crippen molar-refractivity contribution in [2.75, 3.05) is 0 Å². The topological polar surface area (TPSA) is 32.6 Å². The average Bonchev–Trinajstić information content (AvgIpc) is 2.16. The summed E-state index contributed by atoms with van der Waals surface area (Å²) in [4.78, 5) is 0. The van der Waals surface area contributed by atoms with Gasteiger partial charge in [-0.2, -0.15) is 0 Å². The molecule has 0 aliphatic heterocycles.